The van der Waals surface area contributed by atoms with Crippen LogP contribution < -0.4 is 10.6 Å². The molecular formula is C12H18N2O3S. The van der Waals surface area contributed by atoms with Crippen LogP contribution in [0.3, 0.4) is 0 Å². The highest BCUT2D eigenvalue weighted by Gasteiger charge is 2.13. The molecule has 0 bridgehead atoms. The van der Waals surface area contributed by atoms with E-state index in [9.17, 15) is 13.2 Å². The van der Waals surface area contributed by atoms with Crippen LogP contribution in [0.5, 0.6) is 0 Å². The summed E-state index contributed by atoms with van der Waals surface area (Å²) in [5.41, 5.74) is 0.709. The average molecular weight is 270 g/mol. The van der Waals surface area contributed by atoms with E-state index in [1.54, 1.807) is 33.0 Å². The minimum atomic E-state index is -3.17. The number of carbonyl (C=O) groups excluding carboxylic acids is 1. The Labute approximate surface area is 108 Å². The zero-order valence-corrected chi connectivity index (χ0v) is 11.5. The first-order chi connectivity index (χ1) is 8.40. The quantitative estimate of drug-likeness (QED) is 0.838. The van der Waals surface area contributed by atoms with Crippen LogP contribution >= 0.6 is 0 Å². The minimum Gasteiger partial charge on any atom is -0.374 e. The van der Waals surface area contributed by atoms with Gasteiger partial charge in [-0.05, 0) is 31.2 Å². The number of benzene rings is 1. The van der Waals surface area contributed by atoms with Crippen molar-refractivity contribution in [3.8, 4) is 0 Å². The average Bonchev–Trinajstić information content (AvgIpc) is 2.38. The summed E-state index contributed by atoms with van der Waals surface area (Å²) in [5, 5.41) is 5.51. The number of hydrogen-bond donors (Lipinski definition) is 2. The molecule has 0 aliphatic heterocycles. The molecule has 5 nitrogen and oxygen atoms in total. The van der Waals surface area contributed by atoms with Gasteiger partial charge in [0.05, 0.1) is 10.6 Å². The summed E-state index contributed by atoms with van der Waals surface area (Å²) in [7, 11) is -1.60. The van der Waals surface area contributed by atoms with Crippen LogP contribution in [-0.2, 0) is 14.6 Å². The van der Waals surface area contributed by atoms with Gasteiger partial charge in [0.1, 0.15) is 6.04 Å². The summed E-state index contributed by atoms with van der Waals surface area (Å²) in [6.45, 7) is 3.34. The van der Waals surface area contributed by atoms with E-state index >= 15 is 0 Å². The summed E-state index contributed by atoms with van der Waals surface area (Å²) in [6, 6.07) is 6.02. The fraction of sp³-hybridized carbons (Fsp3) is 0.417. The lowest BCUT2D eigenvalue weighted by molar-refractivity contribution is -0.121. The highest BCUT2D eigenvalue weighted by molar-refractivity contribution is 7.91. The Bertz CT molecular complexity index is 509. The van der Waals surface area contributed by atoms with Crippen molar-refractivity contribution in [3.63, 3.8) is 0 Å². The maximum absolute atomic E-state index is 11.6. The number of amides is 1. The monoisotopic (exact) mass is 270 g/mol. The zero-order chi connectivity index (χ0) is 13.8. The second-order valence-electron chi connectivity index (χ2n) is 3.91. The molecule has 0 spiro atoms. The number of carbonyl (C=O) groups is 1. The lowest BCUT2D eigenvalue weighted by Gasteiger charge is -2.13. The molecule has 0 fully saturated rings. The Balaban J connectivity index is 2.81. The summed E-state index contributed by atoms with van der Waals surface area (Å²) < 4.78 is 23.2. The molecule has 1 atom stereocenters. The molecule has 2 N–H and O–H groups in total. The van der Waals surface area contributed by atoms with Gasteiger partial charge in [-0.2, -0.15) is 0 Å². The van der Waals surface area contributed by atoms with E-state index in [0.29, 0.717) is 10.6 Å². The van der Waals surface area contributed by atoms with Crippen molar-refractivity contribution < 1.29 is 13.2 Å². The molecule has 0 saturated heterocycles. The lowest BCUT2D eigenvalue weighted by Crippen LogP contribution is -2.35. The van der Waals surface area contributed by atoms with E-state index in [0.717, 1.165) is 0 Å². The number of nitrogens with one attached hydrogen (secondary N) is 2. The highest BCUT2D eigenvalue weighted by atomic mass is 32.2. The molecule has 0 saturated carbocycles. The van der Waals surface area contributed by atoms with E-state index in [-0.39, 0.29) is 17.7 Å². The van der Waals surface area contributed by atoms with Gasteiger partial charge in [0.2, 0.25) is 5.91 Å². The Morgan fingerprint density at radius 1 is 1.28 bits per heavy atom. The SMILES string of the molecule is CCS(=O)(=O)c1ccc(NC(C)C(=O)NC)cc1. The minimum absolute atomic E-state index is 0.0778. The number of sulfone groups is 1. The molecule has 1 rings (SSSR count). The molecule has 6 heteroatoms. The zero-order valence-electron chi connectivity index (χ0n) is 10.7. The van der Waals surface area contributed by atoms with Gasteiger partial charge in [0.25, 0.3) is 0 Å². The van der Waals surface area contributed by atoms with Gasteiger partial charge in [0, 0.05) is 12.7 Å². The van der Waals surface area contributed by atoms with Crippen molar-refractivity contribution >= 4 is 21.4 Å². The fourth-order valence-corrected chi connectivity index (χ4v) is 2.34. The van der Waals surface area contributed by atoms with Gasteiger partial charge in [-0.1, -0.05) is 6.92 Å². The van der Waals surface area contributed by atoms with E-state index in [1.807, 2.05) is 0 Å². The molecule has 1 amide bonds. The van der Waals surface area contributed by atoms with Crippen molar-refractivity contribution in [1.82, 2.24) is 5.32 Å². The third-order valence-corrected chi connectivity index (χ3v) is 4.37. The lowest BCUT2D eigenvalue weighted by atomic mass is 10.2. The predicted molar refractivity (Wildman–Crippen MR) is 71.3 cm³/mol. The Kier molecular flexibility index (Phi) is 4.72. The standard InChI is InChI=1S/C12H18N2O3S/c1-4-18(16,17)11-7-5-10(6-8-11)14-9(2)12(15)13-3/h5-9,14H,4H2,1-3H3,(H,13,15). The van der Waals surface area contributed by atoms with Crippen LogP contribution in [0.2, 0.25) is 0 Å². The van der Waals surface area contributed by atoms with Crippen LogP contribution in [0.1, 0.15) is 13.8 Å². The number of hydrogen-bond acceptors (Lipinski definition) is 4. The van der Waals surface area contributed by atoms with Gasteiger partial charge in [-0.25, -0.2) is 8.42 Å². The van der Waals surface area contributed by atoms with Gasteiger partial charge in [-0.15, -0.1) is 0 Å². The topological polar surface area (TPSA) is 75.3 Å². The van der Waals surface area contributed by atoms with Gasteiger partial charge >= 0.3 is 0 Å². The highest BCUT2D eigenvalue weighted by Crippen LogP contribution is 2.15. The Morgan fingerprint density at radius 3 is 2.28 bits per heavy atom. The summed E-state index contributed by atoms with van der Waals surface area (Å²) in [4.78, 5) is 11.6. The number of anilines is 1. The Hall–Kier alpha value is -1.56. The molecule has 0 aliphatic carbocycles. The molecule has 0 aliphatic rings. The Morgan fingerprint density at radius 2 is 1.83 bits per heavy atom. The van der Waals surface area contributed by atoms with Crippen LogP contribution in [0.4, 0.5) is 5.69 Å². The number of rotatable bonds is 5. The van der Waals surface area contributed by atoms with Crippen molar-refractivity contribution in [2.24, 2.45) is 0 Å². The van der Waals surface area contributed by atoms with E-state index in [2.05, 4.69) is 10.6 Å². The maximum Gasteiger partial charge on any atom is 0.241 e. The third-order valence-electron chi connectivity index (χ3n) is 2.62. The van der Waals surface area contributed by atoms with Crippen LogP contribution in [0, 0.1) is 0 Å². The summed E-state index contributed by atoms with van der Waals surface area (Å²) in [6.07, 6.45) is 0. The number of likely N-dealkylation sites (N-methyl/N-ethyl adjacent to an activating group) is 1. The molecule has 1 aromatic carbocycles. The van der Waals surface area contributed by atoms with Crippen LogP contribution in [0.25, 0.3) is 0 Å². The molecule has 0 radical (unpaired) electrons. The van der Waals surface area contributed by atoms with Crippen LogP contribution in [0.15, 0.2) is 29.2 Å². The largest absolute Gasteiger partial charge is 0.374 e. The summed E-state index contributed by atoms with van der Waals surface area (Å²) in [5.74, 6) is -0.0470. The second kappa shape index (κ2) is 5.86. The van der Waals surface area contributed by atoms with Crippen molar-refractivity contribution in [3.05, 3.63) is 24.3 Å². The van der Waals surface area contributed by atoms with E-state index in [1.165, 1.54) is 12.1 Å². The van der Waals surface area contributed by atoms with Gasteiger partial charge < -0.3 is 10.6 Å². The third kappa shape index (κ3) is 3.46. The second-order valence-corrected chi connectivity index (χ2v) is 6.19. The van der Waals surface area contributed by atoms with Crippen LogP contribution in [-0.4, -0.2) is 33.2 Å². The molecule has 1 aromatic rings. The molecular weight excluding hydrogens is 252 g/mol. The fourth-order valence-electron chi connectivity index (χ4n) is 1.46. The first kappa shape index (κ1) is 14.5. The maximum atomic E-state index is 11.6. The molecule has 0 heterocycles. The molecule has 1 unspecified atom stereocenters. The smallest absolute Gasteiger partial charge is 0.241 e. The van der Waals surface area contributed by atoms with Crippen molar-refractivity contribution in [2.45, 2.75) is 24.8 Å². The van der Waals surface area contributed by atoms with Gasteiger partial charge in [0.15, 0.2) is 9.84 Å². The van der Waals surface area contributed by atoms with E-state index < -0.39 is 9.84 Å². The van der Waals surface area contributed by atoms with E-state index in [4.69, 9.17) is 0 Å². The first-order valence-corrected chi connectivity index (χ1v) is 7.37. The molecule has 18 heavy (non-hydrogen) atoms. The van der Waals surface area contributed by atoms with Crippen molar-refractivity contribution in [1.29, 1.82) is 0 Å². The predicted octanol–water partition coefficient (Wildman–Crippen LogP) is 1.03. The van der Waals surface area contributed by atoms with Crippen molar-refractivity contribution in [2.75, 3.05) is 18.1 Å². The molecule has 100 valence electrons. The molecule has 0 aromatic heterocycles. The first-order valence-electron chi connectivity index (χ1n) is 5.71. The van der Waals surface area contributed by atoms with Gasteiger partial charge in [-0.3, -0.25) is 4.79 Å². The summed E-state index contributed by atoms with van der Waals surface area (Å²) >= 11 is 0. The normalized spacial score (nSPS) is 12.8.